The Bertz CT molecular complexity index is 733. The van der Waals surface area contributed by atoms with E-state index in [-0.39, 0.29) is 23.6 Å². The fraction of sp³-hybridized carbons (Fsp3) is 0.381. The Labute approximate surface area is 153 Å². The first-order valence-electron chi connectivity index (χ1n) is 9.11. The van der Waals surface area contributed by atoms with Crippen molar-refractivity contribution in [1.82, 2.24) is 10.2 Å². The molecular formula is C21H24F2N2O. The van der Waals surface area contributed by atoms with Gasteiger partial charge in [0.2, 0.25) is 5.91 Å². The number of nitrogens with zero attached hydrogens (tertiary/aromatic N) is 1. The van der Waals surface area contributed by atoms with Gasteiger partial charge in [-0.15, -0.1) is 0 Å². The molecule has 0 aliphatic carbocycles. The van der Waals surface area contributed by atoms with Crippen LogP contribution >= 0.6 is 0 Å². The number of rotatable bonds is 8. The number of halogens is 2. The van der Waals surface area contributed by atoms with Crippen LogP contribution in [0.4, 0.5) is 8.78 Å². The van der Waals surface area contributed by atoms with E-state index in [0.29, 0.717) is 25.1 Å². The molecular weight excluding hydrogens is 334 g/mol. The van der Waals surface area contributed by atoms with E-state index in [1.807, 2.05) is 11.0 Å². The Morgan fingerprint density at radius 2 is 1.85 bits per heavy atom. The third kappa shape index (κ3) is 4.88. The van der Waals surface area contributed by atoms with Gasteiger partial charge in [-0.1, -0.05) is 30.3 Å². The maximum Gasteiger partial charge on any atom is 0.222 e. The summed E-state index contributed by atoms with van der Waals surface area (Å²) in [6.45, 7) is 1.88. The zero-order valence-corrected chi connectivity index (χ0v) is 14.8. The molecule has 0 saturated carbocycles. The highest BCUT2D eigenvalue weighted by molar-refractivity contribution is 5.78. The maximum absolute atomic E-state index is 13.6. The van der Waals surface area contributed by atoms with Gasteiger partial charge in [-0.3, -0.25) is 4.79 Å². The molecule has 5 heteroatoms. The first-order valence-corrected chi connectivity index (χ1v) is 9.11. The number of nitrogens with one attached hydrogen (secondary N) is 1. The Kier molecular flexibility index (Phi) is 6.34. The largest absolute Gasteiger partial charge is 0.339 e. The van der Waals surface area contributed by atoms with Gasteiger partial charge >= 0.3 is 0 Å². The van der Waals surface area contributed by atoms with Crippen LogP contribution in [0, 0.1) is 11.6 Å². The van der Waals surface area contributed by atoms with Gasteiger partial charge in [-0.2, -0.15) is 0 Å². The number of amides is 1. The van der Waals surface area contributed by atoms with Crippen LogP contribution in [0.3, 0.4) is 0 Å². The fourth-order valence-electron chi connectivity index (χ4n) is 3.43. The molecule has 1 aliphatic rings. The van der Waals surface area contributed by atoms with Crippen molar-refractivity contribution in [2.75, 3.05) is 13.1 Å². The minimum atomic E-state index is -0.246. The molecule has 2 aromatic rings. The van der Waals surface area contributed by atoms with Gasteiger partial charge in [-0.25, -0.2) is 8.78 Å². The zero-order valence-electron chi connectivity index (χ0n) is 14.8. The van der Waals surface area contributed by atoms with Crippen LogP contribution in [-0.4, -0.2) is 29.9 Å². The van der Waals surface area contributed by atoms with E-state index in [9.17, 15) is 13.6 Å². The molecule has 0 aromatic heterocycles. The quantitative estimate of drug-likeness (QED) is 0.730. The molecule has 2 aromatic carbocycles. The molecule has 1 fully saturated rings. The monoisotopic (exact) mass is 358 g/mol. The molecule has 3 rings (SSSR count). The molecule has 0 spiro atoms. The lowest BCUT2D eigenvalue weighted by Crippen LogP contribution is -2.36. The molecule has 1 amide bonds. The van der Waals surface area contributed by atoms with Crippen molar-refractivity contribution < 1.29 is 13.6 Å². The third-order valence-electron chi connectivity index (χ3n) is 4.93. The predicted molar refractivity (Wildman–Crippen MR) is 97.6 cm³/mol. The molecule has 1 saturated heterocycles. The van der Waals surface area contributed by atoms with Crippen LogP contribution in [-0.2, 0) is 17.8 Å². The highest BCUT2D eigenvalue weighted by Crippen LogP contribution is 2.21. The summed E-state index contributed by atoms with van der Waals surface area (Å²) in [6.07, 6.45) is 3.03. The number of carbonyl (C=O) groups is 1. The molecule has 138 valence electrons. The summed E-state index contributed by atoms with van der Waals surface area (Å²) in [5.74, 6) is -0.256. The maximum atomic E-state index is 13.6. The van der Waals surface area contributed by atoms with Crippen molar-refractivity contribution in [3.05, 3.63) is 71.3 Å². The molecule has 0 radical (unpaired) electrons. The Morgan fingerprint density at radius 3 is 2.62 bits per heavy atom. The minimum absolute atomic E-state index is 0.186. The van der Waals surface area contributed by atoms with Crippen LogP contribution in [0.5, 0.6) is 0 Å². The highest BCUT2D eigenvalue weighted by atomic mass is 19.1. The Morgan fingerprint density at radius 1 is 1.08 bits per heavy atom. The van der Waals surface area contributed by atoms with E-state index in [2.05, 4.69) is 5.32 Å². The van der Waals surface area contributed by atoms with Crippen molar-refractivity contribution in [3.8, 4) is 0 Å². The molecule has 1 heterocycles. The van der Waals surface area contributed by atoms with Crippen molar-refractivity contribution in [1.29, 1.82) is 0 Å². The first kappa shape index (κ1) is 18.5. The minimum Gasteiger partial charge on any atom is -0.339 e. The molecule has 1 N–H and O–H groups in total. The number of hydrogen-bond donors (Lipinski definition) is 1. The van der Waals surface area contributed by atoms with Gasteiger partial charge in [0.15, 0.2) is 0 Å². The van der Waals surface area contributed by atoms with Crippen LogP contribution in [0.1, 0.15) is 30.4 Å². The molecule has 0 bridgehead atoms. The standard InChI is InChI=1S/C21H24F2N2O/c22-18-7-5-16(6-8-18)12-14-25-19(9-10-21(25)26)11-13-24-15-17-3-1-2-4-20(17)23/h1-8,19,24H,9-15H2. The molecule has 1 unspecified atom stereocenters. The lowest BCUT2D eigenvalue weighted by atomic mass is 10.1. The average Bonchev–Trinajstić information content (AvgIpc) is 2.99. The Hall–Kier alpha value is -2.27. The fourth-order valence-corrected chi connectivity index (χ4v) is 3.43. The SMILES string of the molecule is O=C1CCC(CCNCc2ccccc2F)N1CCc1ccc(F)cc1. The van der Waals surface area contributed by atoms with Crippen LogP contribution in [0.2, 0.25) is 0 Å². The zero-order chi connectivity index (χ0) is 18.4. The normalized spacial score (nSPS) is 17.1. The summed E-state index contributed by atoms with van der Waals surface area (Å²) < 4.78 is 26.6. The number of likely N-dealkylation sites (tertiary alicyclic amines) is 1. The van der Waals surface area contributed by atoms with E-state index >= 15 is 0 Å². The highest BCUT2D eigenvalue weighted by Gasteiger charge is 2.29. The second-order valence-electron chi connectivity index (χ2n) is 6.71. The summed E-state index contributed by atoms with van der Waals surface area (Å²) in [5.41, 5.74) is 1.69. The average molecular weight is 358 g/mol. The lowest BCUT2D eigenvalue weighted by Gasteiger charge is -2.25. The van der Waals surface area contributed by atoms with Crippen molar-refractivity contribution in [2.45, 2.75) is 38.3 Å². The van der Waals surface area contributed by atoms with Gasteiger partial charge in [0.05, 0.1) is 0 Å². The number of carbonyl (C=O) groups excluding carboxylic acids is 1. The van der Waals surface area contributed by atoms with Gasteiger partial charge in [-0.05, 0) is 49.6 Å². The van der Waals surface area contributed by atoms with E-state index in [4.69, 9.17) is 0 Å². The van der Waals surface area contributed by atoms with Crippen LogP contribution in [0.25, 0.3) is 0 Å². The van der Waals surface area contributed by atoms with E-state index in [0.717, 1.165) is 31.4 Å². The van der Waals surface area contributed by atoms with Crippen LogP contribution in [0.15, 0.2) is 48.5 Å². The smallest absolute Gasteiger partial charge is 0.222 e. The number of benzene rings is 2. The molecule has 1 atom stereocenters. The second kappa shape index (κ2) is 8.90. The molecule has 26 heavy (non-hydrogen) atoms. The Balaban J connectivity index is 1.45. The van der Waals surface area contributed by atoms with Crippen molar-refractivity contribution in [3.63, 3.8) is 0 Å². The molecule has 3 nitrogen and oxygen atoms in total. The van der Waals surface area contributed by atoms with E-state index in [1.165, 1.54) is 18.2 Å². The predicted octanol–water partition coefficient (Wildman–Crippen LogP) is 3.68. The summed E-state index contributed by atoms with van der Waals surface area (Å²) in [5, 5.41) is 3.27. The summed E-state index contributed by atoms with van der Waals surface area (Å²) in [4.78, 5) is 14.1. The topological polar surface area (TPSA) is 32.3 Å². The van der Waals surface area contributed by atoms with Crippen molar-refractivity contribution >= 4 is 5.91 Å². The third-order valence-corrected chi connectivity index (χ3v) is 4.93. The second-order valence-corrected chi connectivity index (χ2v) is 6.71. The van der Waals surface area contributed by atoms with E-state index < -0.39 is 0 Å². The van der Waals surface area contributed by atoms with E-state index in [1.54, 1.807) is 24.3 Å². The first-order chi connectivity index (χ1) is 12.6. The van der Waals surface area contributed by atoms with Gasteiger partial charge < -0.3 is 10.2 Å². The summed E-state index contributed by atoms with van der Waals surface area (Å²) >= 11 is 0. The molecule has 1 aliphatic heterocycles. The van der Waals surface area contributed by atoms with Gasteiger partial charge in [0, 0.05) is 31.1 Å². The summed E-state index contributed by atoms with van der Waals surface area (Å²) in [6, 6.07) is 13.4. The summed E-state index contributed by atoms with van der Waals surface area (Å²) in [7, 11) is 0. The van der Waals surface area contributed by atoms with Crippen LogP contribution < -0.4 is 5.32 Å². The lowest BCUT2D eigenvalue weighted by molar-refractivity contribution is -0.129. The van der Waals surface area contributed by atoms with Gasteiger partial charge in [0.25, 0.3) is 0 Å². The number of hydrogen-bond acceptors (Lipinski definition) is 2. The van der Waals surface area contributed by atoms with Crippen molar-refractivity contribution in [2.24, 2.45) is 0 Å². The van der Waals surface area contributed by atoms with Gasteiger partial charge in [0.1, 0.15) is 11.6 Å².